The van der Waals surface area contributed by atoms with Crippen molar-refractivity contribution < 1.29 is 23.7 Å². The van der Waals surface area contributed by atoms with E-state index in [-0.39, 0.29) is 12.5 Å². The number of pyridine rings is 1. The number of halogens is 1. The van der Waals surface area contributed by atoms with Crippen LogP contribution in [-0.2, 0) is 18.9 Å². The lowest BCUT2D eigenvalue weighted by Crippen LogP contribution is -2.59. The highest BCUT2D eigenvalue weighted by Crippen LogP contribution is 2.45. The number of methoxy groups -OCH3 is 1. The summed E-state index contributed by atoms with van der Waals surface area (Å²) in [5, 5.41) is 11.7. The molecule has 1 aromatic carbocycles. The molecule has 11 nitrogen and oxygen atoms in total. The summed E-state index contributed by atoms with van der Waals surface area (Å²) >= 11 is 8.81. The number of terminal acetylenes is 1. The molecule has 0 aliphatic carbocycles. The number of nitrogens with zero attached hydrogens (tertiary/aromatic N) is 6. The Bertz CT molecular complexity index is 1690. The monoisotopic (exact) mass is 650 g/mol. The molecule has 3 unspecified atom stereocenters. The van der Waals surface area contributed by atoms with Gasteiger partial charge in [-0.05, 0) is 12.5 Å². The van der Waals surface area contributed by atoms with E-state index < -0.39 is 36.1 Å². The largest absolute Gasteiger partial charge is 0.375 e. The standard InChI is InChI=1S/C30H27ClN6O5S2/c1-3-17-12-21(23(32-13-17)28(38)36-10-7-11-36)44-30-26(39-2)24(37-14-19(34-35-37)27-33-22(31)16-43-27)25-20(41-30)15-40-29(42-25)18-8-5-4-6-9-18/h1,4-6,8-9,12-14,16,20,24-26,29-30H,7,10-11,15H2,2H3/t20?,24-,25-,26?,29?,30+/m0/s1. The quantitative estimate of drug-likeness (QED) is 0.266. The number of benzene rings is 1. The van der Waals surface area contributed by atoms with E-state index in [4.69, 9.17) is 37.0 Å². The molecule has 6 atom stereocenters. The number of carbonyl (C=O) groups is 1. The number of hydrogen-bond acceptors (Lipinski definition) is 11. The van der Waals surface area contributed by atoms with Crippen LogP contribution in [-0.4, -0.2) is 86.3 Å². The van der Waals surface area contributed by atoms with Gasteiger partial charge in [-0.25, -0.2) is 14.6 Å². The topological polar surface area (TPSA) is 114 Å². The van der Waals surface area contributed by atoms with E-state index in [1.165, 1.54) is 23.1 Å². The Labute approximate surface area is 266 Å². The van der Waals surface area contributed by atoms with Gasteiger partial charge in [0.15, 0.2) is 6.29 Å². The lowest BCUT2D eigenvalue weighted by atomic mass is 9.96. The summed E-state index contributed by atoms with van der Waals surface area (Å²) in [4.78, 5) is 24.5. The molecule has 0 bridgehead atoms. The van der Waals surface area contributed by atoms with E-state index in [1.807, 2.05) is 36.5 Å². The normalized spacial score (nSPS) is 26.4. The van der Waals surface area contributed by atoms with E-state index in [1.54, 1.807) is 34.3 Å². The van der Waals surface area contributed by atoms with Crippen molar-refractivity contribution in [3.8, 4) is 23.0 Å². The van der Waals surface area contributed by atoms with Gasteiger partial charge >= 0.3 is 0 Å². The van der Waals surface area contributed by atoms with Crippen molar-refractivity contribution >= 4 is 40.6 Å². The van der Waals surface area contributed by atoms with Crippen LogP contribution in [0.1, 0.15) is 40.4 Å². The molecule has 6 heterocycles. The van der Waals surface area contributed by atoms with Crippen LogP contribution in [0.5, 0.6) is 0 Å². The average molecular weight is 651 g/mol. The van der Waals surface area contributed by atoms with Crippen molar-refractivity contribution in [2.75, 3.05) is 26.8 Å². The fraction of sp³-hybridized carbons (Fsp3) is 0.367. The van der Waals surface area contributed by atoms with E-state index in [9.17, 15) is 4.79 Å². The van der Waals surface area contributed by atoms with Gasteiger partial charge < -0.3 is 23.8 Å². The molecule has 0 spiro atoms. The Balaban J connectivity index is 1.25. The summed E-state index contributed by atoms with van der Waals surface area (Å²) in [6, 6.07) is 11.0. The number of fused-ring (bicyclic) bond motifs is 1. The average Bonchev–Trinajstić information content (AvgIpc) is 3.69. The lowest BCUT2D eigenvalue weighted by molar-refractivity contribution is -0.308. The van der Waals surface area contributed by atoms with Crippen LogP contribution in [0.2, 0.25) is 5.15 Å². The first-order valence-electron chi connectivity index (χ1n) is 14.0. The minimum absolute atomic E-state index is 0.139. The van der Waals surface area contributed by atoms with Crippen LogP contribution in [0.25, 0.3) is 10.7 Å². The van der Waals surface area contributed by atoms with Gasteiger partial charge in [0.2, 0.25) is 0 Å². The van der Waals surface area contributed by atoms with Gasteiger partial charge in [-0.2, -0.15) is 0 Å². The van der Waals surface area contributed by atoms with E-state index >= 15 is 0 Å². The van der Waals surface area contributed by atoms with Gasteiger partial charge in [0, 0.05) is 47.8 Å². The van der Waals surface area contributed by atoms with Crippen LogP contribution < -0.4 is 0 Å². The molecule has 4 aromatic rings. The van der Waals surface area contributed by atoms with Crippen molar-refractivity contribution in [3.63, 3.8) is 0 Å². The minimum Gasteiger partial charge on any atom is -0.375 e. The number of carbonyl (C=O) groups excluding carboxylic acids is 1. The molecule has 0 radical (unpaired) electrons. The highest BCUT2D eigenvalue weighted by Gasteiger charge is 2.52. The summed E-state index contributed by atoms with van der Waals surface area (Å²) in [6.07, 6.45) is 7.84. The predicted molar refractivity (Wildman–Crippen MR) is 163 cm³/mol. The van der Waals surface area contributed by atoms with Crippen molar-refractivity contribution in [2.45, 2.75) is 47.4 Å². The zero-order chi connectivity index (χ0) is 30.2. The van der Waals surface area contributed by atoms with Crippen molar-refractivity contribution in [1.82, 2.24) is 29.9 Å². The van der Waals surface area contributed by atoms with Gasteiger partial charge in [-0.1, -0.05) is 64.8 Å². The van der Waals surface area contributed by atoms with Crippen molar-refractivity contribution in [3.05, 3.63) is 76.1 Å². The molecule has 3 aliphatic rings. The first-order valence-corrected chi connectivity index (χ1v) is 16.1. The Kier molecular flexibility index (Phi) is 8.39. The van der Waals surface area contributed by atoms with Gasteiger partial charge in [0.1, 0.15) is 51.3 Å². The summed E-state index contributed by atoms with van der Waals surface area (Å²) in [5.74, 6) is 2.48. The third-order valence-electron chi connectivity index (χ3n) is 7.77. The number of aromatic nitrogens is 5. The molecule has 7 rings (SSSR count). The van der Waals surface area contributed by atoms with E-state index in [0.29, 0.717) is 45.1 Å². The molecular weight excluding hydrogens is 624 g/mol. The second-order valence-electron chi connectivity index (χ2n) is 10.4. The first kappa shape index (κ1) is 29.4. The lowest BCUT2D eigenvalue weighted by Gasteiger charge is -2.48. The van der Waals surface area contributed by atoms with Crippen LogP contribution in [0.3, 0.4) is 0 Å². The molecule has 3 saturated heterocycles. The number of amides is 1. The molecular formula is C30H27ClN6O5S2. The van der Waals surface area contributed by atoms with Crippen LogP contribution in [0, 0.1) is 12.3 Å². The molecule has 44 heavy (non-hydrogen) atoms. The molecule has 3 aliphatic heterocycles. The number of rotatable bonds is 7. The zero-order valence-electron chi connectivity index (χ0n) is 23.5. The number of likely N-dealkylation sites (tertiary alicyclic amines) is 1. The second kappa shape index (κ2) is 12.6. The fourth-order valence-electron chi connectivity index (χ4n) is 5.45. The van der Waals surface area contributed by atoms with Crippen molar-refractivity contribution in [1.29, 1.82) is 0 Å². The Morgan fingerprint density at radius 3 is 2.80 bits per heavy atom. The summed E-state index contributed by atoms with van der Waals surface area (Å²) < 4.78 is 27.2. The maximum atomic E-state index is 13.3. The minimum atomic E-state index is -0.608. The second-order valence-corrected chi connectivity index (χ2v) is 12.8. The molecule has 3 aromatic heterocycles. The SMILES string of the molecule is C#Cc1cnc(C(=O)N2CCC2)c(S[C@H]2OC3COC(c4ccccc4)O[C@@H]3[C@H](n3cc(-c4nc(Cl)cs4)nn3)C2OC)c1. The number of ether oxygens (including phenoxy) is 4. The fourth-order valence-corrected chi connectivity index (χ4v) is 7.65. The highest BCUT2D eigenvalue weighted by molar-refractivity contribution is 8.00. The van der Waals surface area contributed by atoms with Gasteiger partial charge in [0.25, 0.3) is 5.91 Å². The van der Waals surface area contributed by atoms with Gasteiger partial charge in [0.05, 0.1) is 12.8 Å². The smallest absolute Gasteiger partial charge is 0.273 e. The van der Waals surface area contributed by atoms with E-state index in [2.05, 4.69) is 26.2 Å². The van der Waals surface area contributed by atoms with Crippen LogP contribution in [0.15, 0.2) is 59.1 Å². The summed E-state index contributed by atoms with van der Waals surface area (Å²) in [7, 11) is 1.61. The molecule has 0 N–H and O–H groups in total. The maximum absolute atomic E-state index is 13.3. The molecule has 1 amide bonds. The number of thioether (sulfide) groups is 1. The molecule has 3 fully saturated rings. The maximum Gasteiger partial charge on any atom is 0.273 e. The third-order valence-corrected chi connectivity index (χ3v) is 10.1. The third kappa shape index (κ3) is 5.63. The highest BCUT2D eigenvalue weighted by atomic mass is 35.5. The van der Waals surface area contributed by atoms with Crippen LogP contribution >= 0.6 is 34.7 Å². The van der Waals surface area contributed by atoms with E-state index in [0.717, 1.165) is 12.0 Å². The van der Waals surface area contributed by atoms with Crippen molar-refractivity contribution in [2.24, 2.45) is 0 Å². The molecule has 226 valence electrons. The van der Waals surface area contributed by atoms with Crippen LogP contribution in [0.4, 0.5) is 0 Å². The summed E-state index contributed by atoms with van der Waals surface area (Å²) in [5.41, 5.74) is 1.74. The Morgan fingerprint density at radius 1 is 1.25 bits per heavy atom. The molecule has 0 saturated carbocycles. The van der Waals surface area contributed by atoms with Gasteiger partial charge in [-0.3, -0.25) is 4.79 Å². The first-order chi connectivity index (χ1) is 21.5. The van der Waals surface area contributed by atoms with Gasteiger partial charge in [-0.15, -0.1) is 22.9 Å². The Morgan fingerprint density at radius 2 is 2.09 bits per heavy atom. The molecule has 14 heteroatoms. The summed E-state index contributed by atoms with van der Waals surface area (Å²) in [6.45, 7) is 1.66. The number of hydrogen-bond donors (Lipinski definition) is 0. The number of thiazole rings is 1. The predicted octanol–water partition coefficient (Wildman–Crippen LogP) is 4.46. The Hall–Kier alpha value is -3.35. The zero-order valence-corrected chi connectivity index (χ0v) is 25.9.